The number of rotatable bonds is 10. The number of aliphatic hydroxyl groups is 1. The van der Waals surface area contributed by atoms with Crippen molar-refractivity contribution in [3.63, 3.8) is 0 Å². The average molecular weight is 373 g/mol. The number of alkyl carbamates (subject to hydrolysis) is 1. The topological polar surface area (TPSA) is 105 Å². The first-order valence-electron chi connectivity index (χ1n) is 8.61. The van der Waals surface area contributed by atoms with Crippen LogP contribution >= 0.6 is 0 Å². The largest absolute Gasteiger partial charge is 0.494 e. The van der Waals surface area contributed by atoms with Crippen molar-refractivity contribution in [2.45, 2.75) is 25.5 Å². The third-order valence-electron chi connectivity index (χ3n) is 3.74. The van der Waals surface area contributed by atoms with Crippen LogP contribution in [0, 0.1) is 0 Å². The Kier molecular flexibility index (Phi) is 8.12. The van der Waals surface area contributed by atoms with Crippen LogP contribution in [0.3, 0.4) is 0 Å². The third kappa shape index (κ3) is 7.37. The first-order valence-corrected chi connectivity index (χ1v) is 8.61. The van der Waals surface area contributed by atoms with Crippen LogP contribution in [0.1, 0.15) is 17.5 Å². The minimum atomic E-state index is -1.14. The second-order valence-electron chi connectivity index (χ2n) is 5.87. The van der Waals surface area contributed by atoms with Crippen LogP contribution < -0.4 is 10.1 Å². The van der Waals surface area contributed by atoms with Gasteiger partial charge in [-0.3, -0.25) is 0 Å². The van der Waals surface area contributed by atoms with Gasteiger partial charge < -0.3 is 25.0 Å². The van der Waals surface area contributed by atoms with Crippen LogP contribution in [0.5, 0.6) is 5.75 Å². The van der Waals surface area contributed by atoms with Gasteiger partial charge in [0.25, 0.3) is 0 Å². The maximum atomic E-state index is 11.9. The molecular weight excluding hydrogens is 350 g/mol. The average Bonchev–Trinajstić information content (AvgIpc) is 2.68. The van der Waals surface area contributed by atoms with E-state index in [1.54, 1.807) is 24.3 Å². The van der Waals surface area contributed by atoms with Crippen LogP contribution in [0.15, 0.2) is 54.6 Å². The molecule has 7 nitrogen and oxygen atoms in total. The highest BCUT2D eigenvalue weighted by molar-refractivity contribution is 5.80. The summed E-state index contributed by atoms with van der Waals surface area (Å²) in [5, 5.41) is 20.5. The number of ether oxygens (including phenoxy) is 2. The number of hydrogen-bond donors (Lipinski definition) is 3. The van der Waals surface area contributed by atoms with Crippen LogP contribution in [-0.2, 0) is 22.6 Å². The zero-order chi connectivity index (χ0) is 19.5. The van der Waals surface area contributed by atoms with E-state index in [9.17, 15) is 14.7 Å². The van der Waals surface area contributed by atoms with Gasteiger partial charge in [0.2, 0.25) is 0 Å². The van der Waals surface area contributed by atoms with Gasteiger partial charge in [-0.25, -0.2) is 9.59 Å². The fourth-order valence-electron chi connectivity index (χ4n) is 2.32. The summed E-state index contributed by atoms with van der Waals surface area (Å²) in [6.07, 6.45) is -0.125. The zero-order valence-electron chi connectivity index (χ0n) is 14.8. The van der Waals surface area contributed by atoms with Crippen molar-refractivity contribution in [1.82, 2.24) is 5.32 Å². The molecule has 0 unspecified atom stereocenters. The van der Waals surface area contributed by atoms with Gasteiger partial charge in [-0.15, -0.1) is 0 Å². The van der Waals surface area contributed by atoms with Crippen molar-refractivity contribution in [3.8, 4) is 5.75 Å². The maximum Gasteiger partial charge on any atom is 0.408 e. The van der Waals surface area contributed by atoms with Crippen molar-refractivity contribution in [2.75, 3.05) is 13.2 Å². The SMILES string of the molecule is O=C(N[C@@H](Cc1ccc(OCCCO)cc1)C(=O)O)OCc1ccccc1. The molecule has 0 saturated carbocycles. The number of carbonyl (C=O) groups is 2. The van der Waals surface area contributed by atoms with Gasteiger partial charge in [0.05, 0.1) is 6.61 Å². The molecule has 0 aliphatic carbocycles. The molecule has 0 aromatic heterocycles. The van der Waals surface area contributed by atoms with Gasteiger partial charge in [-0.1, -0.05) is 42.5 Å². The maximum absolute atomic E-state index is 11.9. The lowest BCUT2D eigenvalue weighted by atomic mass is 10.1. The van der Waals surface area contributed by atoms with E-state index in [2.05, 4.69) is 5.32 Å². The molecule has 2 aromatic rings. The highest BCUT2D eigenvalue weighted by atomic mass is 16.5. The second-order valence-corrected chi connectivity index (χ2v) is 5.87. The summed E-state index contributed by atoms with van der Waals surface area (Å²) < 4.78 is 10.5. The first-order chi connectivity index (χ1) is 13.1. The Morgan fingerprint density at radius 3 is 2.33 bits per heavy atom. The predicted molar refractivity (Wildman–Crippen MR) is 98.5 cm³/mol. The molecule has 2 aromatic carbocycles. The molecule has 3 N–H and O–H groups in total. The fraction of sp³-hybridized carbons (Fsp3) is 0.300. The molecule has 0 aliphatic rings. The number of hydrogen-bond acceptors (Lipinski definition) is 5. The Morgan fingerprint density at radius 1 is 1.00 bits per heavy atom. The van der Waals surface area contributed by atoms with Gasteiger partial charge in [0, 0.05) is 19.4 Å². The van der Waals surface area contributed by atoms with Gasteiger partial charge in [0.1, 0.15) is 18.4 Å². The molecule has 0 radical (unpaired) electrons. The number of nitrogens with one attached hydrogen (secondary N) is 1. The first kappa shape index (κ1) is 20.3. The van der Waals surface area contributed by atoms with Crippen LogP contribution in [0.2, 0.25) is 0 Å². The van der Waals surface area contributed by atoms with Crippen molar-refractivity contribution in [2.24, 2.45) is 0 Å². The van der Waals surface area contributed by atoms with Gasteiger partial charge in [0.15, 0.2) is 0 Å². The minimum Gasteiger partial charge on any atom is -0.494 e. The van der Waals surface area contributed by atoms with E-state index in [1.165, 1.54) is 0 Å². The molecule has 2 rings (SSSR count). The van der Waals surface area contributed by atoms with Gasteiger partial charge in [-0.2, -0.15) is 0 Å². The standard InChI is InChI=1S/C20H23NO6/c22-11-4-12-26-17-9-7-15(8-10-17)13-18(19(23)24)21-20(25)27-14-16-5-2-1-3-6-16/h1-3,5-10,18,22H,4,11-14H2,(H,21,25)(H,23,24)/t18-/m0/s1. The van der Waals surface area contributed by atoms with E-state index >= 15 is 0 Å². The Morgan fingerprint density at radius 2 is 1.70 bits per heavy atom. The van der Waals surface area contributed by atoms with E-state index in [-0.39, 0.29) is 19.6 Å². The van der Waals surface area contributed by atoms with E-state index in [0.717, 1.165) is 11.1 Å². The summed E-state index contributed by atoms with van der Waals surface area (Å²) in [6, 6.07) is 14.9. The quantitative estimate of drug-likeness (QED) is 0.552. The van der Waals surface area contributed by atoms with Crippen LogP contribution in [0.4, 0.5) is 4.79 Å². The molecule has 0 fully saturated rings. The monoisotopic (exact) mass is 373 g/mol. The molecule has 0 bridgehead atoms. The Balaban J connectivity index is 1.85. The molecule has 144 valence electrons. The molecule has 7 heteroatoms. The van der Waals surface area contributed by atoms with E-state index < -0.39 is 18.1 Å². The van der Waals surface area contributed by atoms with Crippen molar-refractivity contribution >= 4 is 12.1 Å². The number of benzene rings is 2. The summed E-state index contributed by atoms with van der Waals surface area (Å²) in [7, 11) is 0. The lowest BCUT2D eigenvalue weighted by Crippen LogP contribution is -2.42. The van der Waals surface area contributed by atoms with E-state index in [0.29, 0.717) is 18.8 Å². The Hall–Kier alpha value is -3.06. The highest BCUT2D eigenvalue weighted by Gasteiger charge is 2.21. The number of aliphatic hydroxyl groups excluding tert-OH is 1. The fourth-order valence-corrected chi connectivity index (χ4v) is 2.32. The molecule has 27 heavy (non-hydrogen) atoms. The molecule has 0 spiro atoms. The number of carboxylic acid groups (broad SMARTS) is 1. The van der Waals surface area contributed by atoms with Crippen molar-refractivity contribution < 1.29 is 29.3 Å². The molecule has 1 atom stereocenters. The lowest BCUT2D eigenvalue weighted by molar-refractivity contribution is -0.139. The number of amides is 1. The summed E-state index contributed by atoms with van der Waals surface area (Å²) in [4.78, 5) is 23.3. The normalized spacial score (nSPS) is 11.4. The zero-order valence-corrected chi connectivity index (χ0v) is 14.8. The summed E-state index contributed by atoms with van der Waals surface area (Å²) in [6.45, 7) is 0.533. The highest BCUT2D eigenvalue weighted by Crippen LogP contribution is 2.14. The van der Waals surface area contributed by atoms with Crippen molar-refractivity contribution in [1.29, 1.82) is 0 Å². The molecule has 0 aliphatic heterocycles. The smallest absolute Gasteiger partial charge is 0.408 e. The van der Waals surface area contributed by atoms with Gasteiger partial charge in [-0.05, 0) is 23.3 Å². The molecular formula is C20H23NO6. The second kappa shape index (κ2) is 10.8. The van der Waals surface area contributed by atoms with E-state index in [4.69, 9.17) is 14.6 Å². The Bertz CT molecular complexity index is 717. The van der Waals surface area contributed by atoms with Gasteiger partial charge >= 0.3 is 12.1 Å². The predicted octanol–water partition coefficient (Wildman–Crippen LogP) is 2.37. The number of carbonyl (C=O) groups excluding carboxylic acids is 1. The summed E-state index contributed by atoms with van der Waals surface area (Å²) >= 11 is 0. The molecule has 0 heterocycles. The third-order valence-corrected chi connectivity index (χ3v) is 3.74. The van der Waals surface area contributed by atoms with Crippen molar-refractivity contribution in [3.05, 3.63) is 65.7 Å². The van der Waals surface area contributed by atoms with Crippen LogP contribution in [-0.4, -0.2) is 41.5 Å². The molecule has 0 saturated heterocycles. The number of carboxylic acids is 1. The Labute approximate surface area is 157 Å². The lowest BCUT2D eigenvalue weighted by Gasteiger charge is -2.15. The summed E-state index contributed by atoms with van der Waals surface area (Å²) in [5.74, 6) is -0.510. The number of aliphatic carboxylic acids is 1. The van der Waals surface area contributed by atoms with Crippen LogP contribution in [0.25, 0.3) is 0 Å². The minimum absolute atomic E-state index is 0.0599. The molecule has 1 amide bonds. The summed E-state index contributed by atoms with van der Waals surface area (Å²) in [5.41, 5.74) is 1.55. The van der Waals surface area contributed by atoms with E-state index in [1.807, 2.05) is 30.3 Å².